The minimum Gasteiger partial charge on any atom is -0.493 e. The van der Waals surface area contributed by atoms with Crippen molar-refractivity contribution in [1.29, 1.82) is 0 Å². The Labute approximate surface area is 177 Å². The summed E-state index contributed by atoms with van der Waals surface area (Å²) in [5.74, 6) is 1.81. The highest BCUT2D eigenvalue weighted by Gasteiger charge is 2.19. The summed E-state index contributed by atoms with van der Waals surface area (Å²) in [5.41, 5.74) is 2.29. The number of nitrogens with zero attached hydrogens (tertiary/aromatic N) is 2. The molecule has 1 heterocycles. The summed E-state index contributed by atoms with van der Waals surface area (Å²) in [4.78, 5) is 20.4. The number of aromatic nitrogens is 2. The van der Waals surface area contributed by atoms with E-state index in [2.05, 4.69) is 20.6 Å². The van der Waals surface area contributed by atoms with Crippen LogP contribution in [0, 0.1) is 0 Å². The highest BCUT2D eigenvalue weighted by molar-refractivity contribution is 5.92. The van der Waals surface area contributed by atoms with Crippen LogP contribution in [0.25, 0.3) is 0 Å². The zero-order chi connectivity index (χ0) is 21.5. The summed E-state index contributed by atoms with van der Waals surface area (Å²) in [6.07, 6.45) is 5.43. The fourth-order valence-electron chi connectivity index (χ4n) is 3.56. The van der Waals surface area contributed by atoms with Gasteiger partial charge in [-0.05, 0) is 49.8 Å². The Morgan fingerprint density at radius 1 is 1.13 bits per heavy atom. The van der Waals surface area contributed by atoms with E-state index in [1.807, 2.05) is 25.1 Å². The summed E-state index contributed by atoms with van der Waals surface area (Å²) in [7, 11) is 3.17. The van der Waals surface area contributed by atoms with E-state index in [1.54, 1.807) is 7.11 Å². The smallest absolute Gasteiger partial charge is 0.318 e. The third-order valence-electron chi connectivity index (χ3n) is 5.07. The van der Waals surface area contributed by atoms with Gasteiger partial charge in [0.05, 0.1) is 26.0 Å². The summed E-state index contributed by atoms with van der Waals surface area (Å²) in [6.45, 7) is 3.91. The van der Waals surface area contributed by atoms with E-state index in [4.69, 9.17) is 14.2 Å². The lowest BCUT2D eigenvalue weighted by molar-refractivity contribution is -0.114. The second-order valence-electron chi connectivity index (χ2n) is 7.28. The van der Waals surface area contributed by atoms with E-state index >= 15 is 0 Å². The Morgan fingerprint density at radius 2 is 1.90 bits per heavy atom. The van der Waals surface area contributed by atoms with Gasteiger partial charge in [-0.2, -0.15) is 9.97 Å². The monoisotopic (exact) mass is 414 g/mol. The molecule has 0 aliphatic heterocycles. The van der Waals surface area contributed by atoms with Crippen LogP contribution >= 0.6 is 0 Å². The van der Waals surface area contributed by atoms with Crippen molar-refractivity contribution >= 4 is 17.4 Å². The van der Waals surface area contributed by atoms with E-state index in [9.17, 15) is 4.79 Å². The zero-order valence-electron chi connectivity index (χ0n) is 18.1. The molecule has 1 aromatic carbocycles. The first-order chi connectivity index (χ1) is 14.5. The number of methoxy groups -OCH3 is 2. The molecule has 0 radical (unpaired) electrons. The molecule has 0 saturated heterocycles. The molecule has 8 heteroatoms. The first-order valence-electron chi connectivity index (χ1n) is 10.3. The van der Waals surface area contributed by atoms with Gasteiger partial charge < -0.3 is 24.8 Å². The summed E-state index contributed by atoms with van der Waals surface area (Å²) in [6, 6.07) is 6.13. The maximum absolute atomic E-state index is 11.7. The summed E-state index contributed by atoms with van der Waals surface area (Å²) in [5, 5.41) is 6.13. The zero-order valence-corrected chi connectivity index (χ0v) is 18.1. The molecule has 162 valence electrons. The Hall–Kier alpha value is -3.03. The molecule has 8 nitrogen and oxygen atoms in total. The summed E-state index contributed by atoms with van der Waals surface area (Å²) >= 11 is 0. The third-order valence-corrected chi connectivity index (χ3v) is 5.07. The number of benzene rings is 1. The fourth-order valence-corrected chi connectivity index (χ4v) is 3.56. The van der Waals surface area contributed by atoms with Crippen molar-refractivity contribution in [3.8, 4) is 17.5 Å². The molecule has 0 spiro atoms. The first-order valence-corrected chi connectivity index (χ1v) is 10.3. The molecule has 1 saturated carbocycles. The minimum atomic E-state index is -0.182. The van der Waals surface area contributed by atoms with E-state index in [1.165, 1.54) is 26.9 Å². The highest BCUT2D eigenvalue weighted by atomic mass is 16.5. The Kier molecular flexibility index (Phi) is 7.32. The SMILES string of the molecule is CCc1nc(OC)nc(NCc2ccc(OC)c(OC3CCCC3)c2)c1NC(C)=O. The molecule has 0 atom stereocenters. The Balaban J connectivity index is 1.82. The largest absolute Gasteiger partial charge is 0.493 e. The molecule has 1 aliphatic carbocycles. The predicted molar refractivity (Wildman–Crippen MR) is 115 cm³/mol. The van der Waals surface area contributed by atoms with Crippen molar-refractivity contribution in [2.24, 2.45) is 0 Å². The van der Waals surface area contributed by atoms with Crippen LogP contribution in [0.15, 0.2) is 18.2 Å². The highest BCUT2D eigenvalue weighted by Crippen LogP contribution is 2.33. The fraction of sp³-hybridized carbons (Fsp3) is 0.500. The predicted octanol–water partition coefficient (Wildman–Crippen LogP) is 3.95. The van der Waals surface area contributed by atoms with Crippen LogP contribution in [0.2, 0.25) is 0 Å². The van der Waals surface area contributed by atoms with Crippen LogP contribution in [-0.2, 0) is 17.8 Å². The molecule has 30 heavy (non-hydrogen) atoms. The number of carbonyl (C=O) groups excluding carboxylic acids is 1. The van der Waals surface area contributed by atoms with Crippen molar-refractivity contribution < 1.29 is 19.0 Å². The molecule has 1 fully saturated rings. The van der Waals surface area contributed by atoms with E-state index in [0.29, 0.717) is 30.2 Å². The van der Waals surface area contributed by atoms with Gasteiger partial charge in [0.1, 0.15) is 5.69 Å². The van der Waals surface area contributed by atoms with Gasteiger partial charge in [0, 0.05) is 13.5 Å². The quantitative estimate of drug-likeness (QED) is 0.641. The van der Waals surface area contributed by atoms with Crippen LogP contribution in [0.3, 0.4) is 0 Å². The van der Waals surface area contributed by atoms with Gasteiger partial charge in [-0.15, -0.1) is 0 Å². The number of hydrogen-bond acceptors (Lipinski definition) is 7. The molecular formula is C22H30N4O4. The van der Waals surface area contributed by atoms with Crippen molar-refractivity contribution in [3.63, 3.8) is 0 Å². The van der Waals surface area contributed by atoms with Crippen molar-refractivity contribution in [2.45, 2.75) is 58.6 Å². The minimum absolute atomic E-state index is 0.182. The Bertz CT molecular complexity index is 882. The van der Waals surface area contributed by atoms with Gasteiger partial charge in [-0.3, -0.25) is 4.79 Å². The van der Waals surface area contributed by atoms with Crippen LogP contribution in [-0.4, -0.2) is 36.2 Å². The maximum atomic E-state index is 11.7. The van der Waals surface area contributed by atoms with Crippen molar-refractivity contribution in [3.05, 3.63) is 29.5 Å². The van der Waals surface area contributed by atoms with Gasteiger partial charge in [0.2, 0.25) is 5.91 Å². The lowest BCUT2D eigenvalue weighted by Crippen LogP contribution is -2.15. The van der Waals surface area contributed by atoms with Gasteiger partial charge >= 0.3 is 6.01 Å². The van der Waals surface area contributed by atoms with Gasteiger partial charge in [0.15, 0.2) is 17.3 Å². The number of hydrogen-bond donors (Lipinski definition) is 2. The number of ether oxygens (including phenoxy) is 3. The number of aryl methyl sites for hydroxylation is 1. The van der Waals surface area contributed by atoms with Crippen LogP contribution in [0.5, 0.6) is 17.5 Å². The molecule has 1 amide bonds. The molecule has 1 aromatic heterocycles. The topological polar surface area (TPSA) is 94.6 Å². The number of rotatable bonds is 9. The average Bonchev–Trinajstić information content (AvgIpc) is 3.25. The number of carbonyl (C=O) groups is 1. The summed E-state index contributed by atoms with van der Waals surface area (Å²) < 4.78 is 16.9. The van der Waals surface area contributed by atoms with Crippen molar-refractivity contribution in [1.82, 2.24) is 9.97 Å². The first kappa shape index (κ1) is 21.7. The van der Waals surface area contributed by atoms with E-state index in [0.717, 1.165) is 29.9 Å². The van der Waals surface area contributed by atoms with E-state index < -0.39 is 0 Å². The maximum Gasteiger partial charge on any atom is 0.318 e. The van der Waals surface area contributed by atoms with Crippen LogP contribution in [0.1, 0.15) is 50.8 Å². The van der Waals surface area contributed by atoms with E-state index in [-0.39, 0.29) is 18.0 Å². The van der Waals surface area contributed by atoms with Crippen LogP contribution < -0.4 is 24.8 Å². The number of nitrogens with one attached hydrogen (secondary N) is 2. The second kappa shape index (κ2) is 10.1. The van der Waals surface area contributed by atoms with Crippen LogP contribution in [0.4, 0.5) is 11.5 Å². The molecule has 2 aromatic rings. The molecule has 1 aliphatic rings. The molecule has 0 unspecified atom stereocenters. The van der Waals surface area contributed by atoms with Gasteiger partial charge in [-0.25, -0.2) is 0 Å². The third kappa shape index (κ3) is 5.31. The standard InChI is InChI=1S/C22H30N4O4/c1-5-17-20(24-14(2)27)21(26-22(25-17)29-4)23-13-15-10-11-18(28-3)19(12-15)30-16-8-6-7-9-16/h10-12,16H,5-9,13H2,1-4H3,(H,24,27)(H,23,25,26). The molecule has 2 N–H and O–H groups in total. The normalized spacial score (nSPS) is 13.7. The van der Waals surface area contributed by atoms with Gasteiger partial charge in [0.25, 0.3) is 0 Å². The Morgan fingerprint density at radius 3 is 2.53 bits per heavy atom. The molecule has 0 bridgehead atoms. The second-order valence-corrected chi connectivity index (χ2v) is 7.28. The number of amides is 1. The van der Waals surface area contributed by atoms with Crippen molar-refractivity contribution in [2.75, 3.05) is 24.9 Å². The lowest BCUT2D eigenvalue weighted by Gasteiger charge is -2.18. The van der Waals surface area contributed by atoms with Gasteiger partial charge in [-0.1, -0.05) is 13.0 Å². The molecule has 3 rings (SSSR count). The number of anilines is 2. The molecular weight excluding hydrogens is 384 g/mol. The average molecular weight is 415 g/mol. The lowest BCUT2D eigenvalue weighted by atomic mass is 10.2.